The van der Waals surface area contributed by atoms with Crippen molar-refractivity contribution in [3.05, 3.63) is 0 Å². The first-order chi connectivity index (χ1) is 7.93. The van der Waals surface area contributed by atoms with Crippen molar-refractivity contribution in [3.8, 4) is 0 Å². The summed E-state index contributed by atoms with van der Waals surface area (Å²) >= 11 is 4.21. The fraction of sp³-hybridized carbons (Fsp3) is 0.833. The Kier molecular flexibility index (Phi) is 8.04. The van der Waals surface area contributed by atoms with Crippen LogP contribution in [0.5, 0.6) is 0 Å². The molecule has 1 N–H and O–H groups in total. The van der Waals surface area contributed by atoms with Gasteiger partial charge in [0.25, 0.3) is 0 Å². The van der Waals surface area contributed by atoms with Crippen molar-refractivity contribution < 1.29 is 9.59 Å². The second-order valence-electron chi connectivity index (χ2n) is 4.30. The van der Waals surface area contributed by atoms with Gasteiger partial charge in [0.2, 0.25) is 11.8 Å². The van der Waals surface area contributed by atoms with E-state index in [-0.39, 0.29) is 23.0 Å². The Morgan fingerprint density at radius 3 is 2.18 bits per heavy atom. The zero-order chi connectivity index (χ0) is 13.4. The number of rotatable bonds is 7. The minimum Gasteiger partial charge on any atom is -0.355 e. The van der Waals surface area contributed by atoms with E-state index in [1.807, 2.05) is 27.7 Å². The molecule has 5 heteroatoms. The molecule has 2 amide bonds. The van der Waals surface area contributed by atoms with E-state index in [1.54, 1.807) is 4.90 Å². The van der Waals surface area contributed by atoms with Crippen LogP contribution in [0.4, 0.5) is 0 Å². The van der Waals surface area contributed by atoms with Gasteiger partial charge in [-0.05, 0) is 19.8 Å². The lowest BCUT2D eigenvalue weighted by molar-refractivity contribution is -0.130. The van der Waals surface area contributed by atoms with Gasteiger partial charge < -0.3 is 10.2 Å². The van der Waals surface area contributed by atoms with Gasteiger partial charge in [0.1, 0.15) is 0 Å². The zero-order valence-electron chi connectivity index (χ0n) is 11.2. The van der Waals surface area contributed by atoms with Gasteiger partial charge in [0, 0.05) is 26.1 Å². The first kappa shape index (κ1) is 16.3. The predicted octanol–water partition coefficient (Wildman–Crippen LogP) is 1.32. The summed E-state index contributed by atoms with van der Waals surface area (Å²) in [6, 6.07) is 0. The molecular formula is C12H24N2O2S. The third-order valence-corrected chi connectivity index (χ3v) is 3.49. The molecule has 0 saturated heterocycles. The Bertz CT molecular complexity index is 239. The largest absolute Gasteiger partial charge is 0.355 e. The maximum atomic E-state index is 11.6. The van der Waals surface area contributed by atoms with Crippen LogP contribution in [0.2, 0.25) is 0 Å². The molecule has 0 radical (unpaired) electrons. The van der Waals surface area contributed by atoms with Crippen LogP contribution in [0.15, 0.2) is 0 Å². The summed E-state index contributed by atoms with van der Waals surface area (Å²) in [4.78, 5) is 25.0. The molecule has 17 heavy (non-hydrogen) atoms. The van der Waals surface area contributed by atoms with Gasteiger partial charge in [-0.3, -0.25) is 9.59 Å². The molecule has 0 fully saturated rings. The summed E-state index contributed by atoms with van der Waals surface area (Å²) < 4.78 is 0. The average Bonchev–Trinajstić information content (AvgIpc) is 2.29. The number of hydrogen-bond donors (Lipinski definition) is 2. The number of amides is 2. The third-order valence-electron chi connectivity index (χ3n) is 2.65. The average molecular weight is 260 g/mol. The second-order valence-corrected chi connectivity index (χ2v) is 4.85. The SMILES string of the molecule is CCN(CC)C(=O)CCNC(=O)C(S)C(C)C. The first-order valence-electron chi connectivity index (χ1n) is 6.17. The monoisotopic (exact) mass is 260 g/mol. The van der Waals surface area contributed by atoms with Crippen LogP contribution < -0.4 is 5.32 Å². The number of hydrogen-bond acceptors (Lipinski definition) is 3. The van der Waals surface area contributed by atoms with Crippen LogP contribution in [0.25, 0.3) is 0 Å². The van der Waals surface area contributed by atoms with Crippen molar-refractivity contribution in [2.24, 2.45) is 5.92 Å². The molecular weight excluding hydrogens is 236 g/mol. The number of carbonyl (C=O) groups excluding carboxylic acids is 2. The number of thiol groups is 1. The third kappa shape index (κ3) is 5.96. The van der Waals surface area contributed by atoms with E-state index in [9.17, 15) is 9.59 Å². The van der Waals surface area contributed by atoms with E-state index in [4.69, 9.17) is 0 Å². The first-order valence-corrected chi connectivity index (χ1v) is 6.69. The van der Waals surface area contributed by atoms with Gasteiger partial charge in [0.05, 0.1) is 5.25 Å². The number of nitrogens with zero attached hydrogens (tertiary/aromatic N) is 1. The van der Waals surface area contributed by atoms with Crippen LogP contribution in [-0.2, 0) is 9.59 Å². The Balaban J connectivity index is 3.91. The maximum Gasteiger partial charge on any atom is 0.233 e. The van der Waals surface area contributed by atoms with E-state index < -0.39 is 0 Å². The van der Waals surface area contributed by atoms with Crippen LogP contribution in [0.3, 0.4) is 0 Å². The molecule has 0 aliphatic rings. The Morgan fingerprint density at radius 1 is 1.24 bits per heavy atom. The van der Waals surface area contributed by atoms with Gasteiger partial charge in [-0.15, -0.1) is 0 Å². The molecule has 4 nitrogen and oxygen atoms in total. The number of nitrogens with one attached hydrogen (secondary N) is 1. The van der Waals surface area contributed by atoms with Crippen molar-refractivity contribution >= 4 is 24.4 Å². The molecule has 0 bridgehead atoms. The lowest BCUT2D eigenvalue weighted by Crippen LogP contribution is -2.38. The van der Waals surface area contributed by atoms with Crippen molar-refractivity contribution in [2.45, 2.75) is 39.4 Å². The quantitative estimate of drug-likeness (QED) is 0.678. The molecule has 0 aromatic heterocycles. The minimum atomic E-state index is -0.307. The van der Waals surface area contributed by atoms with Crippen LogP contribution in [0, 0.1) is 5.92 Å². The predicted molar refractivity (Wildman–Crippen MR) is 73.2 cm³/mol. The molecule has 1 unspecified atom stereocenters. The van der Waals surface area contributed by atoms with Gasteiger partial charge in [-0.25, -0.2) is 0 Å². The van der Waals surface area contributed by atoms with Gasteiger partial charge in [0.15, 0.2) is 0 Å². The maximum absolute atomic E-state index is 11.6. The standard InChI is InChI=1S/C12H24N2O2S/c1-5-14(6-2)10(15)7-8-13-12(16)11(17)9(3)4/h9,11,17H,5-8H2,1-4H3,(H,13,16). The minimum absolute atomic E-state index is 0.0792. The van der Waals surface area contributed by atoms with E-state index in [1.165, 1.54) is 0 Å². The summed E-state index contributed by atoms with van der Waals surface area (Å²) in [5, 5.41) is 2.43. The Hall–Kier alpha value is -0.710. The fourth-order valence-electron chi connectivity index (χ4n) is 1.43. The molecule has 0 aromatic carbocycles. The van der Waals surface area contributed by atoms with Crippen LogP contribution >= 0.6 is 12.6 Å². The smallest absolute Gasteiger partial charge is 0.233 e. The Labute approximate surface area is 110 Å². The van der Waals surface area contributed by atoms with Crippen molar-refractivity contribution in [2.75, 3.05) is 19.6 Å². The molecule has 1 atom stereocenters. The van der Waals surface area contributed by atoms with Gasteiger partial charge >= 0.3 is 0 Å². The normalized spacial score (nSPS) is 12.4. The van der Waals surface area contributed by atoms with Crippen molar-refractivity contribution in [3.63, 3.8) is 0 Å². The Morgan fingerprint density at radius 2 is 1.76 bits per heavy atom. The molecule has 0 spiro atoms. The van der Waals surface area contributed by atoms with Crippen molar-refractivity contribution in [1.29, 1.82) is 0 Å². The second kappa shape index (κ2) is 8.39. The molecule has 100 valence electrons. The fourth-order valence-corrected chi connectivity index (χ4v) is 1.53. The highest BCUT2D eigenvalue weighted by atomic mass is 32.1. The highest BCUT2D eigenvalue weighted by Crippen LogP contribution is 2.08. The topological polar surface area (TPSA) is 49.4 Å². The lowest BCUT2D eigenvalue weighted by atomic mass is 10.1. The van der Waals surface area contributed by atoms with E-state index in [0.29, 0.717) is 26.1 Å². The molecule has 0 aliphatic carbocycles. The van der Waals surface area contributed by atoms with E-state index in [2.05, 4.69) is 17.9 Å². The highest BCUT2D eigenvalue weighted by molar-refractivity contribution is 7.81. The molecule has 0 rings (SSSR count). The van der Waals surface area contributed by atoms with Crippen LogP contribution in [0.1, 0.15) is 34.1 Å². The molecule has 0 aromatic rings. The summed E-state index contributed by atoms with van der Waals surface area (Å²) in [7, 11) is 0. The van der Waals surface area contributed by atoms with Crippen LogP contribution in [-0.4, -0.2) is 41.6 Å². The molecule has 0 heterocycles. The van der Waals surface area contributed by atoms with E-state index in [0.717, 1.165) is 0 Å². The number of carbonyl (C=O) groups is 2. The van der Waals surface area contributed by atoms with Gasteiger partial charge in [-0.2, -0.15) is 12.6 Å². The summed E-state index contributed by atoms with van der Waals surface area (Å²) in [6.07, 6.45) is 0.353. The molecule has 0 aliphatic heterocycles. The van der Waals surface area contributed by atoms with E-state index >= 15 is 0 Å². The summed E-state index contributed by atoms with van der Waals surface area (Å²) in [6.45, 7) is 9.59. The van der Waals surface area contributed by atoms with Gasteiger partial charge in [-0.1, -0.05) is 13.8 Å². The summed E-state index contributed by atoms with van der Waals surface area (Å²) in [5.41, 5.74) is 0. The molecule has 0 saturated carbocycles. The summed E-state index contributed by atoms with van der Waals surface area (Å²) in [5.74, 6) is 0.169. The zero-order valence-corrected chi connectivity index (χ0v) is 12.1. The lowest BCUT2D eigenvalue weighted by Gasteiger charge is -2.19. The highest BCUT2D eigenvalue weighted by Gasteiger charge is 2.17. The van der Waals surface area contributed by atoms with Crippen molar-refractivity contribution in [1.82, 2.24) is 10.2 Å².